The summed E-state index contributed by atoms with van der Waals surface area (Å²) in [7, 11) is 0. The summed E-state index contributed by atoms with van der Waals surface area (Å²) in [6, 6.07) is 0. The number of hydrogen-bond acceptors (Lipinski definition) is 2. The van der Waals surface area contributed by atoms with E-state index in [1.165, 1.54) is 0 Å². The highest BCUT2D eigenvalue weighted by Crippen LogP contribution is 2.05. The summed E-state index contributed by atoms with van der Waals surface area (Å²) in [6.45, 7) is 7.09. The van der Waals surface area contributed by atoms with Crippen LogP contribution in [0, 0.1) is 0 Å². The number of aliphatic hydroxyl groups excluding tert-OH is 1. The molecule has 0 aromatic carbocycles. The molecule has 0 saturated carbocycles. The molecule has 0 fully saturated rings. The lowest BCUT2D eigenvalue weighted by atomic mass is 10.2. The molecular formula is C11H21NO. The molecular weight excluding hydrogens is 162 g/mol. The van der Waals surface area contributed by atoms with Crippen molar-refractivity contribution >= 4 is 0 Å². The first kappa shape index (κ1) is 12.1. The van der Waals surface area contributed by atoms with E-state index >= 15 is 0 Å². The number of allylic oxidation sites excluding steroid dienone is 2. The van der Waals surface area contributed by atoms with Gasteiger partial charge in [0.05, 0.1) is 5.70 Å². The second-order valence-corrected chi connectivity index (χ2v) is 2.95. The second-order valence-electron chi connectivity index (χ2n) is 2.95. The quantitative estimate of drug-likeness (QED) is 0.490. The van der Waals surface area contributed by atoms with Gasteiger partial charge in [-0.2, -0.15) is 0 Å². The molecule has 0 amide bonds. The Hall–Kier alpha value is -0.920. The van der Waals surface area contributed by atoms with Crippen LogP contribution >= 0.6 is 0 Å². The molecule has 0 aliphatic carbocycles. The van der Waals surface area contributed by atoms with Crippen LogP contribution in [0.1, 0.15) is 40.0 Å². The van der Waals surface area contributed by atoms with E-state index in [1.54, 1.807) is 0 Å². The Labute approximate surface area is 81.4 Å². The van der Waals surface area contributed by atoms with Crippen LogP contribution in [-0.4, -0.2) is 11.7 Å². The number of hydrogen-bond donors (Lipinski definition) is 2. The molecule has 2 nitrogen and oxygen atoms in total. The van der Waals surface area contributed by atoms with Gasteiger partial charge in [-0.3, -0.25) is 0 Å². The van der Waals surface area contributed by atoms with E-state index in [4.69, 9.17) is 0 Å². The molecule has 0 rings (SSSR count). The van der Waals surface area contributed by atoms with Gasteiger partial charge in [0.1, 0.15) is 5.76 Å². The zero-order chi connectivity index (χ0) is 10.1. The fraction of sp³-hybridized carbons (Fsp3) is 0.636. The molecule has 0 aliphatic rings. The lowest BCUT2D eigenvalue weighted by molar-refractivity contribution is 0.410. The number of rotatable bonds is 6. The molecule has 0 spiro atoms. The summed E-state index contributed by atoms with van der Waals surface area (Å²) in [5.41, 5.74) is 0.867. The van der Waals surface area contributed by atoms with Crippen molar-refractivity contribution in [3.8, 4) is 0 Å². The first-order valence-corrected chi connectivity index (χ1v) is 5.09. The van der Waals surface area contributed by atoms with Crippen LogP contribution in [0.25, 0.3) is 0 Å². The van der Waals surface area contributed by atoms with Crippen LogP contribution in [0.3, 0.4) is 0 Å². The highest BCUT2D eigenvalue weighted by molar-refractivity contribution is 5.22. The molecule has 0 bridgehead atoms. The van der Waals surface area contributed by atoms with E-state index in [1.807, 2.05) is 19.1 Å². The van der Waals surface area contributed by atoms with Gasteiger partial charge in [0, 0.05) is 6.54 Å². The standard InChI is InChI=1S/C11H21NO/c1-4-7-10(12-9-6-3)11(13)8-5-2/h7-8,12-13H,4-6,9H2,1-3H3/b10-7+,11-8+. The summed E-state index contributed by atoms with van der Waals surface area (Å²) >= 11 is 0. The third-order valence-corrected chi connectivity index (χ3v) is 1.65. The summed E-state index contributed by atoms with van der Waals surface area (Å²) in [5.74, 6) is 0.373. The van der Waals surface area contributed by atoms with Gasteiger partial charge >= 0.3 is 0 Å². The topological polar surface area (TPSA) is 32.3 Å². The van der Waals surface area contributed by atoms with E-state index in [2.05, 4.69) is 19.2 Å². The summed E-state index contributed by atoms with van der Waals surface area (Å²) in [4.78, 5) is 0. The van der Waals surface area contributed by atoms with Crippen molar-refractivity contribution in [2.75, 3.05) is 6.54 Å². The molecule has 0 unspecified atom stereocenters. The van der Waals surface area contributed by atoms with Gasteiger partial charge in [0.25, 0.3) is 0 Å². The maximum absolute atomic E-state index is 9.60. The van der Waals surface area contributed by atoms with Crippen molar-refractivity contribution in [2.45, 2.75) is 40.0 Å². The lowest BCUT2D eigenvalue weighted by Gasteiger charge is -2.08. The van der Waals surface area contributed by atoms with Crippen LogP contribution in [0.5, 0.6) is 0 Å². The van der Waals surface area contributed by atoms with Crippen LogP contribution in [0.2, 0.25) is 0 Å². The van der Waals surface area contributed by atoms with Crippen LogP contribution in [-0.2, 0) is 0 Å². The molecule has 0 heterocycles. The van der Waals surface area contributed by atoms with Gasteiger partial charge in [-0.05, 0) is 25.3 Å². The smallest absolute Gasteiger partial charge is 0.134 e. The molecule has 0 atom stereocenters. The molecule has 0 aromatic heterocycles. The molecule has 0 aromatic rings. The molecule has 2 N–H and O–H groups in total. The van der Waals surface area contributed by atoms with Crippen molar-refractivity contribution in [2.24, 2.45) is 0 Å². The first-order valence-electron chi connectivity index (χ1n) is 5.09. The lowest BCUT2D eigenvalue weighted by Crippen LogP contribution is -2.15. The van der Waals surface area contributed by atoms with E-state index in [0.717, 1.165) is 31.5 Å². The van der Waals surface area contributed by atoms with Crippen molar-refractivity contribution in [1.29, 1.82) is 0 Å². The van der Waals surface area contributed by atoms with Crippen molar-refractivity contribution in [3.05, 3.63) is 23.6 Å². The molecule has 0 aliphatic heterocycles. The maximum atomic E-state index is 9.60. The highest BCUT2D eigenvalue weighted by atomic mass is 16.3. The van der Waals surface area contributed by atoms with Crippen molar-refractivity contribution in [1.82, 2.24) is 5.32 Å². The van der Waals surface area contributed by atoms with Gasteiger partial charge in [0.2, 0.25) is 0 Å². The van der Waals surface area contributed by atoms with E-state index < -0.39 is 0 Å². The predicted octanol–water partition coefficient (Wildman–Crippen LogP) is 3.13. The van der Waals surface area contributed by atoms with E-state index in [9.17, 15) is 5.11 Å². The SMILES string of the molecule is CC/C=C(O)\C(=C/CC)NCCC. The molecule has 76 valence electrons. The monoisotopic (exact) mass is 183 g/mol. The largest absolute Gasteiger partial charge is 0.506 e. The zero-order valence-corrected chi connectivity index (χ0v) is 8.93. The first-order chi connectivity index (χ1) is 6.26. The van der Waals surface area contributed by atoms with Crippen LogP contribution in [0.4, 0.5) is 0 Å². The minimum atomic E-state index is 0.373. The van der Waals surface area contributed by atoms with Gasteiger partial charge in [-0.25, -0.2) is 0 Å². The van der Waals surface area contributed by atoms with E-state index in [0.29, 0.717) is 5.76 Å². The Balaban J connectivity index is 4.24. The van der Waals surface area contributed by atoms with Crippen LogP contribution in [0.15, 0.2) is 23.6 Å². The molecule has 2 heteroatoms. The van der Waals surface area contributed by atoms with Crippen molar-refractivity contribution in [3.63, 3.8) is 0 Å². The van der Waals surface area contributed by atoms with E-state index in [-0.39, 0.29) is 0 Å². The second kappa shape index (κ2) is 7.71. The van der Waals surface area contributed by atoms with Crippen molar-refractivity contribution < 1.29 is 5.11 Å². The zero-order valence-electron chi connectivity index (χ0n) is 8.93. The maximum Gasteiger partial charge on any atom is 0.134 e. The van der Waals surface area contributed by atoms with Gasteiger partial charge in [-0.15, -0.1) is 0 Å². The normalized spacial score (nSPS) is 13.2. The summed E-state index contributed by atoms with van der Waals surface area (Å²) < 4.78 is 0. The minimum absolute atomic E-state index is 0.373. The molecule has 13 heavy (non-hydrogen) atoms. The molecule has 0 radical (unpaired) electrons. The minimum Gasteiger partial charge on any atom is -0.506 e. The Morgan fingerprint density at radius 3 is 2.23 bits per heavy atom. The Bertz CT molecular complexity index is 183. The third-order valence-electron chi connectivity index (χ3n) is 1.65. The number of aliphatic hydroxyl groups is 1. The fourth-order valence-corrected chi connectivity index (χ4v) is 1.03. The van der Waals surface area contributed by atoms with Gasteiger partial charge in [0.15, 0.2) is 0 Å². The fourth-order valence-electron chi connectivity index (χ4n) is 1.03. The summed E-state index contributed by atoms with van der Waals surface area (Å²) in [6.07, 6.45) is 6.70. The summed E-state index contributed by atoms with van der Waals surface area (Å²) in [5, 5.41) is 12.8. The average Bonchev–Trinajstić information content (AvgIpc) is 2.12. The Kier molecular flexibility index (Phi) is 7.17. The van der Waals surface area contributed by atoms with Crippen LogP contribution < -0.4 is 5.32 Å². The van der Waals surface area contributed by atoms with Gasteiger partial charge in [-0.1, -0.05) is 26.8 Å². The Morgan fingerprint density at radius 2 is 1.77 bits per heavy atom. The predicted molar refractivity (Wildman–Crippen MR) is 57.7 cm³/mol. The molecule has 0 saturated heterocycles. The third kappa shape index (κ3) is 5.34. The average molecular weight is 183 g/mol. The Morgan fingerprint density at radius 1 is 1.15 bits per heavy atom. The van der Waals surface area contributed by atoms with Gasteiger partial charge < -0.3 is 10.4 Å². The number of nitrogens with one attached hydrogen (secondary N) is 1. The highest BCUT2D eigenvalue weighted by Gasteiger charge is 1.99.